The van der Waals surface area contributed by atoms with Gasteiger partial charge in [0.25, 0.3) is 0 Å². The minimum Gasteiger partial charge on any atom is -0.320 e. The summed E-state index contributed by atoms with van der Waals surface area (Å²) in [6.45, 7) is 5.48. The molecular weight excluding hydrogens is 261 g/mol. The van der Waals surface area contributed by atoms with Crippen LogP contribution in [0.25, 0.3) is 0 Å². The van der Waals surface area contributed by atoms with Gasteiger partial charge in [0.1, 0.15) is 5.82 Å². The van der Waals surface area contributed by atoms with Crippen molar-refractivity contribution in [3.05, 3.63) is 69.0 Å². The third-order valence-electron chi connectivity index (χ3n) is 3.24. The van der Waals surface area contributed by atoms with Crippen molar-refractivity contribution >= 4 is 11.6 Å². The maximum absolute atomic E-state index is 13.6. The Hall–Kier alpha value is -1.38. The minimum atomic E-state index is -0.296. The van der Waals surface area contributed by atoms with Gasteiger partial charge in [0, 0.05) is 5.02 Å². The van der Waals surface area contributed by atoms with E-state index < -0.39 is 0 Å². The van der Waals surface area contributed by atoms with Gasteiger partial charge in [0.15, 0.2) is 0 Å². The summed E-state index contributed by atoms with van der Waals surface area (Å²) in [5.74, 6) is -0.168. The van der Waals surface area contributed by atoms with Crippen molar-refractivity contribution in [3.8, 4) is 0 Å². The van der Waals surface area contributed by atoms with E-state index in [-0.39, 0.29) is 11.9 Å². The summed E-state index contributed by atoms with van der Waals surface area (Å²) >= 11 is 6.05. The molecule has 0 bridgehead atoms. The topological polar surface area (TPSA) is 26.0 Å². The van der Waals surface area contributed by atoms with Crippen molar-refractivity contribution in [1.82, 2.24) is 0 Å². The summed E-state index contributed by atoms with van der Waals surface area (Å²) in [5, 5.41) is 0.668. The number of aryl methyl sites for hydroxylation is 3. The van der Waals surface area contributed by atoms with Crippen LogP contribution in [0.1, 0.15) is 33.9 Å². The lowest BCUT2D eigenvalue weighted by atomic mass is 9.95. The average Bonchev–Trinajstić information content (AvgIpc) is 2.33. The Kier molecular flexibility index (Phi) is 3.93. The van der Waals surface area contributed by atoms with Crippen molar-refractivity contribution in [2.75, 3.05) is 0 Å². The zero-order chi connectivity index (χ0) is 14.2. The summed E-state index contributed by atoms with van der Waals surface area (Å²) < 4.78 is 13.6. The molecule has 3 heteroatoms. The highest BCUT2D eigenvalue weighted by molar-refractivity contribution is 6.30. The molecule has 0 amide bonds. The molecule has 1 unspecified atom stereocenters. The minimum absolute atomic E-state index is 0.168. The van der Waals surface area contributed by atoms with Gasteiger partial charge in [-0.2, -0.15) is 0 Å². The van der Waals surface area contributed by atoms with Gasteiger partial charge < -0.3 is 5.73 Å². The average molecular weight is 278 g/mol. The Morgan fingerprint density at radius 1 is 0.947 bits per heavy atom. The molecule has 0 spiro atoms. The first-order chi connectivity index (χ1) is 8.88. The highest BCUT2D eigenvalue weighted by Gasteiger charge is 2.13. The molecule has 1 nitrogen and oxygen atoms in total. The van der Waals surface area contributed by atoms with Crippen LogP contribution >= 0.6 is 11.6 Å². The van der Waals surface area contributed by atoms with E-state index in [2.05, 4.69) is 0 Å². The standard InChI is InChI=1S/C16H17ClFN/c1-9-4-12(8-14(17)5-9)16(19)13-6-10(2)15(18)11(3)7-13/h4-8,16H,19H2,1-3H3. The van der Waals surface area contributed by atoms with Crippen molar-refractivity contribution in [1.29, 1.82) is 0 Å². The second-order valence-corrected chi connectivity index (χ2v) is 5.44. The normalized spacial score (nSPS) is 12.5. The molecule has 2 aromatic rings. The second kappa shape index (κ2) is 5.32. The fourth-order valence-corrected chi connectivity index (χ4v) is 2.59. The molecule has 0 aliphatic carbocycles. The molecule has 0 radical (unpaired) electrons. The molecule has 2 aromatic carbocycles. The second-order valence-electron chi connectivity index (χ2n) is 5.01. The molecular formula is C16H17ClFN. The molecule has 0 saturated heterocycles. The largest absolute Gasteiger partial charge is 0.320 e. The molecule has 2 rings (SSSR count). The zero-order valence-electron chi connectivity index (χ0n) is 11.3. The summed E-state index contributed by atoms with van der Waals surface area (Å²) in [4.78, 5) is 0. The van der Waals surface area contributed by atoms with Gasteiger partial charge in [-0.1, -0.05) is 29.8 Å². The van der Waals surface area contributed by atoms with Crippen LogP contribution in [0, 0.1) is 26.6 Å². The van der Waals surface area contributed by atoms with Crippen LogP contribution in [0.3, 0.4) is 0 Å². The Morgan fingerprint density at radius 2 is 1.47 bits per heavy atom. The van der Waals surface area contributed by atoms with Gasteiger partial charge in [-0.05, 0) is 60.7 Å². The van der Waals surface area contributed by atoms with Crippen molar-refractivity contribution in [2.24, 2.45) is 5.73 Å². The Morgan fingerprint density at radius 3 is 2.00 bits per heavy atom. The Bertz CT molecular complexity index is 579. The maximum Gasteiger partial charge on any atom is 0.129 e. The van der Waals surface area contributed by atoms with Gasteiger partial charge in [-0.3, -0.25) is 0 Å². The quantitative estimate of drug-likeness (QED) is 0.862. The van der Waals surface area contributed by atoms with E-state index in [4.69, 9.17) is 17.3 Å². The van der Waals surface area contributed by atoms with Crippen LogP contribution in [0.15, 0.2) is 30.3 Å². The predicted molar refractivity (Wildman–Crippen MR) is 78.1 cm³/mol. The first-order valence-electron chi connectivity index (χ1n) is 6.18. The van der Waals surface area contributed by atoms with Gasteiger partial charge in [0.05, 0.1) is 6.04 Å². The van der Waals surface area contributed by atoms with Gasteiger partial charge in [-0.25, -0.2) is 4.39 Å². The number of hydrogen-bond donors (Lipinski definition) is 1. The fourth-order valence-electron chi connectivity index (χ4n) is 2.30. The molecule has 0 aromatic heterocycles. The lowest BCUT2D eigenvalue weighted by Crippen LogP contribution is -2.13. The van der Waals surface area contributed by atoms with Gasteiger partial charge in [-0.15, -0.1) is 0 Å². The van der Waals surface area contributed by atoms with Crippen LogP contribution in [0.5, 0.6) is 0 Å². The number of hydrogen-bond acceptors (Lipinski definition) is 1. The van der Waals surface area contributed by atoms with Gasteiger partial charge >= 0.3 is 0 Å². The lowest BCUT2D eigenvalue weighted by molar-refractivity contribution is 0.607. The summed E-state index contributed by atoms with van der Waals surface area (Å²) in [7, 11) is 0. The van der Waals surface area contributed by atoms with Gasteiger partial charge in [0.2, 0.25) is 0 Å². The molecule has 0 heterocycles. The van der Waals surface area contributed by atoms with Crippen molar-refractivity contribution < 1.29 is 4.39 Å². The lowest BCUT2D eigenvalue weighted by Gasteiger charge is -2.16. The molecule has 1 atom stereocenters. The third-order valence-corrected chi connectivity index (χ3v) is 3.46. The molecule has 0 fully saturated rings. The van der Waals surface area contributed by atoms with Crippen LogP contribution < -0.4 is 5.73 Å². The zero-order valence-corrected chi connectivity index (χ0v) is 12.1. The van der Waals surface area contributed by atoms with Crippen LogP contribution in [0.4, 0.5) is 4.39 Å². The van der Waals surface area contributed by atoms with Crippen molar-refractivity contribution in [2.45, 2.75) is 26.8 Å². The molecule has 100 valence electrons. The summed E-state index contributed by atoms with van der Waals surface area (Å²) in [5.41, 5.74) is 10.4. The van der Waals surface area contributed by atoms with Crippen LogP contribution in [-0.4, -0.2) is 0 Å². The SMILES string of the molecule is Cc1cc(Cl)cc(C(N)c2cc(C)c(F)c(C)c2)c1. The molecule has 0 aliphatic rings. The number of rotatable bonds is 2. The van der Waals surface area contributed by atoms with E-state index in [1.807, 2.05) is 25.1 Å². The monoisotopic (exact) mass is 277 g/mol. The molecule has 0 saturated carbocycles. The third kappa shape index (κ3) is 2.96. The Balaban J connectivity index is 2.46. The van der Waals surface area contributed by atoms with E-state index in [9.17, 15) is 4.39 Å². The molecule has 0 aliphatic heterocycles. The van der Waals surface area contributed by atoms with Crippen molar-refractivity contribution in [3.63, 3.8) is 0 Å². The maximum atomic E-state index is 13.6. The van der Waals surface area contributed by atoms with Crippen LogP contribution in [-0.2, 0) is 0 Å². The number of benzene rings is 2. The van der Waals surface area contributed by atoms with E-state index >= 15 is 0 Å². The highest BCUT2D eigenvalue weighted by Crippen LogP contribution is 2.26. The van der Waals surface area contributed by atoms with Crippen LogP contribution in [0.2, 0.25) is 5.02 Å². The number of halogens is 2. The van der Waals surface area contributed by atoms with E-state index in [0.29, 0.717) is 16.1 Å². The molecule has 2 N–H and O–H groups in total. The fraction of sp³-hybridized carbons (Fsp3) is 0.250. The van der Waals surface area contributed by atoms with E-state index in [1.165, 1.54) is 0 Å². The predicted octanol–water partition coefficient (Wildman–Crippen LogP) is 4.45. The Labute approximate surface area is 118 Å². The summed E-state index contributed by atoms with van der Waals surface area (Å²) in [6.07, 6.45) is 0. The first-order valence-corrected chi connectivity index (χ1v) is 6.55. The van der Waals surface area contributed by atoms with E-state index in [1.54, 1.807) is 26.0 Å². The molecule has 19 heavy (non-hydrogen) atoms. The highest BCUT2D eigenvalue weighted by atomic mass is 35.5. The smallest absolute Gasteiger partial charge is 0.129 e. The number of nitrogens with two attached hydrogens (primary N) is 1. The summed E-state index contributed by atoms with van der Waals surface area (Å²) in [6, 6.07) is 9.04. The van der Waals surface area contributed by atoms with E-state index in [0.717, 1.165) is 16.7 Å². The first kappa shape index (κ1) is 14.0.